The highest BCUT2D eigenvalue weighted by Crippen LogP contribution is 2.23. The third-order valence-electron chi connectivity index (χ3n) is 6.24. The van der Waals surface area contributed by atoms with Gasteiger partial charge in [-0.15, -0.1) is 0 Å². The molecule has 0 aliphatic carbocycles. The maximum atomic E-state index is 13.3. The van der Waals surface area contributed by atoms with E-state index in [0.29, 0.717) is 35.8 Å². The molecule has 0 unspecified atom stereocenters. The lowest BCUT2D eigenvalue weighted by Gasteiger charge is -2.34. The zero-order valence-electron chi connectivity index (χ0n) is 19.6. The van der Waals surface area contributed by atoms with Crippen LogP contribution in [0.25, 0.3) is 0 Å². The summed E-state index contributed by atoms with van der Waals surface area (Å²) in [6.45, 7) is 9.38. The number of hydrogen-bond donors (Lipinski definition) is 0. The van der Waals surface area contributed by atoms with Gasteiger partial charge in [-0.2, -0.15) is 9.40 Å². The molecule has 174 valence electrons. The number of rotatable bonds is 5. The molecule has 33 heavy (non-hydrogen) atoms. The van der Waals surface area contributed by atoms with E-state index in [2.05, 4.69) is 5.10 Å². The highest BCUT2D eigenvalue weighted by Gasteiger charge is 2.32. The minimum Gasteiger partial charge on any atom is -0.336 e. The van der Waals surface area contributed by atoms with Crippen molar-refractivity contribution in [2.24, 2.45) is 0 Å². The van der Waals surface area contributed by atoms with E-state index in [9.17, 15) is 13.2 Å². The van der Waals surface area contributed by atoms with E-state index >= 15 is 0 Å². The van der Waals surface area contributed by atoms with Crippen LogP contribution >= 0.6 is 0 Å². The van der Waals surface area contributed by atoms with Gasteiger partial charge < -0.3 is 4.90 Å². The summed E-state index contributed by atoms with van der Waals surface area (Å²) in [6, 6.07) is 15.4. The Bertz CT molecular complexity index is 1270. The van der Waals surface area contributed by atoms with Crippen molar-refractivity contribution in [2.45, 2.75) is 39.1 Å². The third kappa shape index (κ3) is 4.58. The maximum absolute atomic E-state index is 13.3. The molecule has 0 radical (unpaired) electrons. The van der Waals surface area contributed by atoms with E-state index in [1.54, 1.807) is 11.0 Å². The van der Waals surface area contributed by atoms with Crippen molar-refractivity contribution >= 4 is 15.9 Å². The molecular weight excluding hydrogens is 436 g/mol. The zero-order valence-corrected chi connectivity index (χ0v) is 20.4. The molecule has 4 rings (SSSR count). The number of piperazine rings is 1. The van der Waals surface area contributed by atoms with Gasteiger partial charge in [0, 0.05) is 31.9 Å². The molecular formula is C25H30N4O3S. The summed E-state index contributed by atoms with van der Waals surface area (Å²) in [4.78, 5) is 15.4. The molecule has 0 bridgehead atoms. The summed E-state index contributed by atoms with van der Waals surface area (Å²) < 4.78 is 29.7. The molecule has 1 aliphatic heterocycles. The number of benzene rings is 2. The standard InChI is InChI=1S/C25H30N4O3S/c1-18-10-11-23(19(2)16-18)33(31,32)28-14-12-27(13-15-28)25(30)24-20(3)26-29(21(24)4)17-22-8-6-5-7-9-22/h5-11,16H,12-15,17H2,1-4H3. The van der Waals surface area contributed by atoms with Crippen LogP contribution in [0.3, 0.4) is 0 Å². The van der Waals surface area contributed by atoms with Gasteiger partial charge in [0.25, 0.3) is 5.91 Å². The second-order valence-corrected chi connectivity index (χ2v) is 10.6. The van der Waals surface area contributed by atoms with Gasteiger partial charge in [0.1, 0.15) is 0 Å². The highest BCUT2D eigenvalue weighted by molar-refractivity contribution is 7.89. The van der Waals surface area contributed by atoms with Gasteiger partial charge in [0.15, 0.2) is 0 Å². The summed E-state index contributed by atoms with van der Waals surface area (Å²) in [7, 11) is -3.59. The molecule has 7 nitrogen and oxygen atoms in total. The predicted octanol–water partition coefficient (Wildman–Crippen LogP) is 3.31. The average molecular weight is 467 g/mol. The topological polar surface area (TPSA) is 75.5 Å². The number of carbonyl (C=O) groups is 1. The molecule has 1 aromatic heterocycles. The molecule has 2 aromatic carbocycles. The van der Waals surface area contributed by atoms with Crippen LogP contribution in [-0.4, -0.2) is 59.5 Å². The first-order chi connectivity index (χ1) is 15.7. The molecule has 0 saturated carbocycles. The van der Waals surface area contributed by atoms with Crippen molar-refractivity contribution < 1.29 is 13.2 Å². The molecule has 1 aliphatic rings. The van der Waals surface area contributed by atoms with Crippen molar-refractivity contribution in [1.82, 2.24) is 19.0 Å². The van der Waals surface area contributed by atoms with Crippen LogP contribution in [0, 0.1) is 27.7 Å². The van der Waals surface area contributed by atoms with Gasteiger partial charge in [-0.3, -0.25) is 9.48 Å². The van der Waals surface area contributed by atoms with E-state index in [1.807, 2.05) is 74.8 Å². The Kier molecular flexibility index (Phi) is 6.41. The molecule has 3 aromatic rings. The average Bonchev–Trinajstić information content (AvgIpc) is 3.06. The van der Waals surface area contributed by atoms with Crippen molar-refractivity contribution in [3.63, 3.8) is 0 Å². The lowest BCUT2D eigenvalue weighted by Crippen LogP contribution is -2.50. The third-order valence-corrected chi connectivity index (χ3v) is 8.30. The first kappa shape index (κ1) is 23.2. The number of aromatic nitrogens is 2. The lowest BCUT2D eigenvalue weighted by atomic mass is 10.1. The van der Waals surface area contributed by atoms with E-state index in [4.69, 9.17) is 0 Å². The largest absolute Gasteiger partial charge is 0.336 e. The zero-order chi connectivity index (χ0) is 23.8. The van der Waals surface area contributed by atoms with E-state index in [0.717, 1.165) is 22.4 Å². The van der Waals surface area contributed by atoms with Crippen LogP contribution in [0.2, 0.25) is 0 Å². The Morgan fingerprint density at radius 1 is 0.939 bits per heavy atom. The number of nitrogens with zero attached hydrogens (tertiary/aromatic N) is 4. The van der Waals surface area contributed by atoms with Crippen molar-refractivity contribution in [3.05, 3.63) is 82.2 Å². The summed E-state index contributed by atoms with van der Waals surface area (Å²) in [6.07, 6.45) is 0. The van der Waals surface area contributed by atoms with Crippen LogP contribution in [-0.2, 0) is 16.6 Å². The normalized spacial score (nSPS) is 15.1. The second-order valence-electron chi connectivity index (χ2n) is 8.65. The van der Waals surface area contributed by atoms with Gasteiger partial charge in [0.05, 0.1) is 22.7 Å². The Morgan fingerprint density at radius 2 is 1.61 bits per heavy atom. The van der Waals surface area contributed by atoms with Crippen LogP contribution < -0.4 is 0 Å². The molecule has 1 saturated heterocycles. The molecule has 0 atom stereocenters. The first-order valence-corrected chi connectivity index (χ1v) is 12.6. The van der Waals surface area contributed by atoms with Crippen molar-refractivity contribution in [1.29, 1.82) is 0 Å². The number of carbonyl (C=O) groups excluding carboxylic acids is 1. The Balaban J connectivity index is 1.48. The predicted molar refractivity (Wildman–Crippen MR) is 128 cm³/mol. The minimum atomic E-state index is -3.59. The van der Waals surface area contributed by atoms with E-state index < -0.39 is 10.0 Å². The number of amides is 1. The molecule has 1 fully saturated rings. The Hall–Kier alpha value is -2.97. The molecule has 0 N–H and O–H groups in total. The smallest absolute Gasteiger partial charge is 0.257 e. The second kappa shape index (κ2) is 9.11. The molecule has 2 heterocycles. The molecule has 1 amide bonds. The number of sulfonamides is 1. The Labute approximate surface area is 195 Å². The van der Waals surface area contributed by atoms with E-state index in [1.165, 1.54) is 4.31 Å². The number of aryl methyl sites for hydroxylation is 3. The molecule has 0 spiro atoms. The van der Waals surface area contributed by atoms with Crippen LogP contribution in [0.15, 0.2) is 53.4 Å². The van der Waals surface area contributed by atoms with Crippen LogP contribution in [0.5, 0.6) is 0 Å². The van der Waals surface area contributed by atoms with Crippen LogP contribution in [0.4, 0.5) is 0 Å². The van der Waals surface area contributed by atoms with Gasteiger partial charge in [0.2, 0.25) is 10.0 Å². The van der Waals surface area contributed by atoms with E-state index in [-0.39, 0.29) is 19.0 Å². The van der Waals surface area contributed by atoms with Crippen molar-refractivity contribution in [3.8, 4) is 0 Å². The quantitative estimate of drug-likeness (QED) is 0.578. The Morgan fingerprint density at radius 3 is 2.24 bits per heavy atom. The van der Waals surface area contributed by atoms with Crippen molar-refractivity contribution in [2.75, 3.05) is 26.2 Å². The first-order valence-electron chi connectivity index (χ1n) is 11.1. The monoisotopic (exact) mass is 466 g/mol. The van der Waals surface area contributed by atoms with Gasteiger partial charge in [-0.05, 0) is 44.9 Å². The fraction of sp³-hybridized carbons (Fsp3) is 0.360. The lowest BCUT2D eigenvalue weighted by molar-refractivity contribution is 0.0696. The SMILES string of the molecule is Cc1ccc(S(=O)(=O)N2CCN(C(=O)c3c(C)nn(Cc4ccccc4)c3C)CC2)c(C)c1. The maximum Gasteiger partial charge on any atom is 0.257 e. The fourth-order valence-electron chi connectivity index (χ4n) is 4.43. The summed E-state index contributed by atoms with van der Waals surface area (Å²) in [5, 5.41) is 4.59. The van der Waals surface area contributed by atoms with Gasteiger partial charge >= 0.3 is 0 Å². The van der Waals surface area contributed by atoms with Gasteiger partial charge in [-0.25, -0.2) is 8.42 Å². The number of hydrogen-bond acceptors (Lipinski definition) is 4. The minimum absolute atomic E-state index is 0.0899. The summed E-state index contributed by atoms with van der Waals surface area (Å²) in [5.74, 6) is -0.0899. The molecule has 8 heteroatoms. The summed E-state index contributed by atoms with van der Waals surface area (Å²) >= 11 is 0. The summed E-state index contributed by atoms with van der Waals surface area (Å²) in [5.41, 5.74) is 5.01. The highest BCUT2D eigenvalue weighted by atomic mass is 32.2. The fourth-order valence-corrected chi connectivity index (χ4v) is 6.06. The van der Waals surface area contributed by atoms with Gasteiger partial charge in [-0.1, -0.05) is 48.0 Å². The van der Waals surface area contributed by atoms with Crippen LogP contribution in [0.1, 0.15) is 38.4 Å².